The molecule has 1 aliphatic heterocycles. The first-order valence-corrected chi connectivity index (χ1v) is 10.9. The Morgan fingerprint density at radius 2 is 2.13 bits per heavy atom. The molecule has 0 bridgehead atoms. The van der Waals surface area contributed by atoms with Crippen LogP contribution in [0.1, 0.15) is 48.9 Å². The van der Waals surface area contributed by atoms with Crippen molar-refractivity contribution in [1.82, 2.24) is 19.7 Å². The molecular formula is C23H30N6O2. The van der Waals surface area contributed by atoms with Crippen molar-refractivity contribution in [2.24, 2.45) is 7.05 Å². The summed E-state index contributed by atoms with van der Waals surface area (Å²) in [6.45, 7) is 6.46. The number of carbonyl (C=O) groups excluding carboxylic acids is 1. The number of nitriles is 1. The maximum atomic E-state index is 12.5. The molecule has 0 aromatic carbocycles. The van der Waals surface area contributed by atoms with Crippen LogP contribution in [0.25, 0.3) is 11.3 Å². The van der Waals surface area contributed by atoms with Crippen LogP contribution in [0.15, 0.2) is 12.3 Å². The molecular weight excluding hydrogens is 392 g/mol. The van der Waals surface area contributed by atoms with Gasteiger partial charge in [-0.1, -0.05) is 0 Å². The lowest BCUT2D eigenvalue weighted by atomic mass is 9.96. The molecule has 0 spiro atoms. The van der Waals surface area contributed by atoms with Gasteiger partial charge < -0.3 is 14.5 Å². The minimum atomic E-state index is 0.0490. The number of rotatable bonds is 6. The number of carbonyl (C=O) groups is 1. The van der Waals surface area contributed by atoms with Gasteiger partial charge in [0.2, 0.25) is 5.91 Å². The topological polar surface area (TPSA) is 87.3 Å². The third kappa shape index (κ3) is 4.02. The highest BCUT2D eigenvalue weighted by Crippen LogP contribution is 2.46. The summed E-state index contributed by atoms with van der Waals surface area (Å²) in [5, 5.41) is 14.4. The van der Waals surface area contributed by atoms with Crippen LogP contribution in [-0.2, 0) is 16.6 Å². The normalized spacial score (nSPS) is 18.9. The summed E-state index contributed by atoms with van der Waals surface area (Å²) < 4.78 is 6.90. The molecule has 1 saturated heterocycles. The van der Waals surface area contributed by atoms with Gasteiger partial charge in [-0.25, -0.2) is 4.98 Å². The zero-order valence-electron chi connectivity index (χ0n) is 18.8. The van der Waals surface area contributed by atoms with Crippen LogP contribution in [0, 0.1) is 18.3 Å². The van der Waals surface area contributed by atoms with Crippen LogP contribution in [-0.4, -0.2) is 65.0 Å². The van der Waals surface area contributed by atoms with Crippen LogP contribution >= 0.6 is 0 Å². The van der Waals surface area contributed by atoms with Crippen molar-refractivity contribution >= 4 is 11.7 Å². The van der Waals surface area contributed by atoms with E-state index in [1.54, 1.807) is 13.3 Å². The van der Waals surface area contributed by atoms with Crippen molar-refractivity contribution in [3.05, 3.63) is 29.1 Å². The first-order valence-electron chi connectivity index (χ1n) is 10.9. The maximum Gasteiger partial charge on any atom is 0.225 e. The summed E-state index contributed by atoms with van der Waals surface area (Å²) >= 11 is 0. The number of pyridine rings is 1. The molecule has 2 fully saturated rings. The average molecular weight is 423 g/mol. The summed E-state index contributed by atoms with van der Waals surface area (Å²) in [7, 11) is 3.53. The van der Waals surface area contributed by atoms with Crippen molar-refractivity contribution in [3.8, 4) is 17.3 Å². The Morgan fingerprint density at radius 3 is 2.71 bits per heavy atom. The van der Waals surface area contributed by atoms with E-state index in [1.165, 1.54) is 0 Å². The number of ether oxygens (including phenoxy) is 1. The second-order valence-electron chi connectivity index (χ2n) is 8.55. The molecule has 2 aromatic heterocycles. The number of hydrogen-bond acceptors (Lipinski definition) is 6. The molecule has 0 unspecified atom stereocenters. The number of piperazine rings is 1. The van der Waals surface area contributed by atoms with E-state index in [2.05, 4.69) is 23.0 Å². The average Bonchev–Trinajstić information content (AvgIpc) is 3.52. The minimum absolute atomic E-state index is 0.0490. The Bertz CT molecular complexity index is 1020. The largest absolute Gasteiger partial charge is 0.384 e. The fourth-order valence-electron chi connectivity index (χ4n) is 4.52. The van der Waals surface area contributed by atoms with Crippen LogP contribution in [0.3, 0.4) is 0 Å². The molecule has 1 saturated carbocycles. The van der Waals surface area contributed by atoms with Crippen LogP contribution < -0.4 is 4.90 Å². The van der Waals surface area contributed by atoms with E-state index >= 15 is 0 Å². The number of anilines is 1. The lowest BCUT2D eigenvalue weighted by Gasteiger charge is -2.41. The van der Waals surface area contributed by atoms with E-state index in [1.807, 2.05) is 29.6 Å². The number of aryl methyl sites for hydroxylation is 1. The molecule has 8 heteroatoms. The summed E-state index contributed by atoms with van der Waals surface area (Å²) in [6.07, 6.45) is 4.43. The van der Waals surface area contributed by atoms with Crippen molar-refractivity contribution in [2.45, 2.75) is 45.1 Å². The Labute approximate surface area is 183 Å². The molecule has 0 N–H and O–H groups in total. The molecule has 0 radical (unpaired) electrons. The molecule has 2 aromatic rings. The number of aromatic nitrogens is 3. The SMILES string of the molecule is COCCC(=O)N1CCN(c2nc(C3CC3)c(-c3ccnn3C)c(C)c2C#N)C[C@H]1C. The van der Waals surface area contributed by atoms with Crippen molar-refractivity contribution in [1.29, 1.82) is 5.26 Å². The van der Waals surface area contributed by atoms with Gasteiger partial charge in [-0.15, -0.1) is 0 Å². The number of methoxy groups -OCH3 is 1. The highest BCUT2D eigenvalue weighted by molar-refractivity contribution is 5.78. The number of nitrogens with zero attached hydrogens (tertiary/aromatic N) is 6. The molecule has 1 amide bonds. The van der Waals surface area contributed by atoms with Gasteiger partial charge in [0.15, 0.2) is 0 Å². The molecule has 3 heterocycles. The molecule has 8 nitrogen and oxygen atoms in total. The third-order valence-electron chi connectivity index (χ3n) is 6.38. The fourth-order valence-corrected chi connectivity index (χ4v) is 4.52. The Kier molecular flexibility index (Phi) is 5.96. The molecule has 31 heavy (non-hydrogen) atoms. The predicted molar refractivity (Wildman–Crippen MR) is 118 cm³/mol. The zero-order chi connectivity index (χ0) is 22.1. The van der Waals surface area contributed by atoms with Crippen molar-refractivity contribution in [3.63, 3.8) is 0 Å². The summed E-state index contributed by atoms with van der Waals surface area (Å²) in [5.74, 6) is 1.30. The smallest absolute Gasteiger partial charge is 0.225 e. The Morgan fingerprint density at radius 1 is 1.35 bits per heavy atom. The van der Waals surface area contributed by atoms with Gasteiger partial charge in [0, 0.05) is 57.5 Å². The van der Waals surface area contributed by atoms with Gasteiger partial charge in [-0.05, 0) is 38.3 Å². The van der Waals surface area contributed by atoms with E-state index in [4.69, 9.17) is 9.72 Å². The monoisotopic (exact) mass is 422 g/mol. The molecule has 2 aliphatic rings. The Balaban J connectivity index is 1.68. The van der Waals surface area contributed by atoms with Gasteiger partial charge in [0.05, 0.1) is 30.0 Å². The van der Waals surface area contributed by atoms with Crippen LogP contribution in [0.2, 0.25) is 0 Å². The van der Waals surface area contributed by atoms with Crippen molar-refractivity contribution < 1.29 is 9.53 Å². The second kappa shape index (κ2) is 8.67. The van der Waals surface area contributed by atoms with E-state index in [9.17, 15) is 10.1 Å². The quantitative estimate of drug-likeness (QED) is 0.711. The molecule has 4 rings (SSSR count). The summed E-state index contributed by atoms with van der Waals surface area (Å²) in [6, 6.07) is 4.45. The third-order valence-corrected chi connectivity index (χ3v) is 6.38. The second-order valence-corrected chi connectivity index (χ2v) is 8.55. The Hall–Kier alpha value is -2.92. The summed E-state index contributed by atoms with van der Waals surface area (Å²) in [4.78, 5) is 21.7. The van der Waals surface area contributed by atoms with Gasteiger partial charge in [0.25, 0.3) is 0 Å². The van der Waals surface area contributed by atoms with E-state index < -0.39 is 0 Å². The molecule has 1 aliphatic carbocycles. The van der Waals surface area contributed by atoms with Crippen LogP contribution in [0.4, 0.5) is 5.82 Å². The highest BCUT2D eigenvalue weighted by Gasteiger charge is 2.34. The number of hydrogen-bond donors (Lipinski definition) is 0. The van der Waals surface area contributed by atoms with Gasteiger partial charge >= 0.3 is 0 Å². The van der Waals surface area contributed by atoms with E-state index in [-0.39, 0.29) is 11.9 Å². The van der Waals surface area contributed by atoms with E-state index in [0.29, 0.717) is 44.1 Å². The van der Waals surface area contributed by atoms with Gasteiger partial charge in [0.1, 0.15) is 11.9 Å². The first kappa shape index (κ1) is 21.3. The predicted octanol–water partition coefficient (Wildman–Crippen LogP) is 2.61. The van der Waals surface area contributed by atoms with Gasteiger partial charge in [-0.2, -0.15) is 10.4 Å². The number of amides is 1. The molecule has 1 atom stereocenters. The molecule has 164 valence electrons. The lowest BCUT2D eigenvalue weighted by Crippen LogP contribution is -2.54. The summed E-state index contributed by atoms with van der Waals surface area (Å²) in [5.41, 5.74) is 4.69. The minimum Gasteiger partial charge on any atom is -0.384 e. The van der Waals surface area contributed by atoms with Gasteiger partial charge in [-0.3, -0.25) is 9.48 Å². The van der Waals surface area contributed by atoms with E-state index in [0.717, 1.165) is 41.2 Å². The zero-order valence-corrected chi connectivity index (χ0v) is 18.8. The first-order chi connectivity index (χ1) is 15.0. The standard InChI is InChI=1S/C23H30N6O2/c1-15-14-28(10-11-29(15)20(30)8-12-31-4)23-18(13-24)16(2)21(19-7-9-25-27(19)3)22(26-23)17-5-6-17/h7,9,15,17H,5-6,8,10-12,14H2,1-4H3/t15-/m1/s1. The fraction of sp³-hybridized carbons (Fsp3) is 0.565. The van der Waals surface area contributed by atoms with Crippen molar-refractivity contribution in [2.75, 3.05) is 38.3 Å². The van der Waals surface area contributed by atoms with Crippen LogP contribution in [0.5, 0.6) is 0 Å². The maximum absolute atomic E-state index is 12.5. The highest BCUT2D eigenvalue weighted by atomic mass is 16.5. The lowest BCUT2D eigenvalue weighted by molar-refractivity contribution is -0.134.